The SMILES string of the molecule is Clc1cc(Nc2cccc3ccccc23)nc(C2CC2)n1. The van der Waals surface area contributed by atoms with E-state index in [0.29, 0.717) is 11.1 Å². The lowest BCUT2D eigenvalue weighted by Gasteiger charge is -2.10. The van der Waals surface area contributed by atoms with E-state index in [9.17, 15) is 0 Å². The van der Waals surface area contributed by atoms with E-state index in [2.05, 4.69) is 39.6 Å². The van der Waals surface area contributed by atoms with Gasteiger partial charge in [-0.05, 0) is 24.3 Å². The highest BCUT2D eigenvalue weighted by molar-refractivity contribution is 6.29. The van der Waals surface area contributed by atoms with Crippen LogP contribution in [0.4, 0.5) is 11.5 Å². The summed E-state index contributed by atoms with van der Waals surface area (Å²) in [6.07, 6.45) is 2.32. The molecule has 1 aliphatic carbocycles. The molecule has 1 N–H and O–H groups in total. The molecular weight excluding hydrogens is 282 g/mol. The maximum absolute atomic E-state index is 6.12. The number of nitrogens with zero attached hydrogens (tertiary/aromatic N) is 2. The number of nitrogens with one attached hydrogen (secondary N) is 1. The normalized spacial score (nSPS) is 14.3. The number of hydrogen-bond donors (Lipinski definition) is 1. The van der Waals surface area contributed by atoms with Crippen molar-refractivity contribution >= 4 is 33.9 Å². The van der Waals surface area contributed by atoms with E-state index in [-0.39, 0.29) is 0 Å². The summed E-state index contributed by atoms with van der Waals surface area (Å²) in [5.74, 6) is 2.09. The Balaban J connectivity index is 1.74. The minimum Gasteiger partial charge on any atom is -0.340 e. The van der Waals surface area contributed by atoms with E-state index in [0.717, 1.165) is 30.2 Å². The van der Waals surface area contributed by atoms with Crippen molar-refractivity contribution < 1.29 is 0 Å². The monoisotopic (exact) mass is 295 g/mol. The molecular formula is C17H14ClN3. The van der Waals surface area contributed by atoms with Gasteiger partial charge < -0.3 is 5.32 Å². The van der Waals surface area contributed by atoms with Crippen LogP contribution in [0.3, 0.4) is 0 Å². The average molecular weight is 296 g/mol. The lowest BCUT2D eigenvalue weighted by atomic mass is 10.1. The van der Waals surface area contributed by atoms with E-state index in [1.54, 1.807) is 6.07 Å². The van der Waals surface area contributed by atoms with Crippen molar-refractivity contribution in [1.82, 2.24) is 9.97 Å². The van der Waals surface area contributed by atoms with Gasteiger partial charge in [-0.3, -0.25) is 0 Å². The van der Waals surface area contributed by atoms with Gasteiger partial charge in [-0.2, -0.15) is 0 Å². The maximum Gasteiger partial charge on any atom is 0.135 e. The summed E-state index contributed by atoms with van der Waals surface area (Å²) in [5.41, 5.74) is 1.03. The molecule has 4 rings (SSSR count). The van der Waals surface area contributed by atoms with Crippen molar-refractivity contribution in [3.8, 4) is 0 Å². The molecule has 1 saturated carbocycles. The fourth-order valence-electron chi connectivity index (χ4n) is 2.50. The lowest BCUT2D eigenvalue weighted by Crippen LogP contribution is -2.00. The van der Waals surface area contributed by atoms with E-state index >= 15 is 0 Å². The smallest absolute Gasteiger partial charge is 0.135 e. The van der Waals surface area contributed by atoms with Crippen LogP contribution >= 0.6 is 11.6 Å². The van der Waals surface area contributed by atoms with Gasteiger partial charge in [0.1, 0.15) is 16.8 Å². The van der Waals surface area contributed by atoms with Gasteiger partial charge in [-0.25, -0.2) is 9.97 Å². The zero-order chi connectivity index (χ0) is 14.2. The van der Waals surface area contributed by atoms with Gasteiger partial charge in [0.2, 0.25) is 0 Å². The Hall–Kier alpha value is -2.13. The first-order valence-corrected chi connectivity index (χ1v) is 7.47. The number of fused-ring (bicyclic) bond motifs is 1. The Kier molecular flexibility index (Phi) is 3.00. The van der Waals surface area contributed by atoms with Gasteiger partial charge in [0.25, 0.3) is 0 Å². The Bertz CT molecular complexity index is 807. The summed E-state index contributed by atoms with van der Waals surface area (Å²) < 4.78 is 0. The summed E-state index contributed by atoms with van der Waals surface area (Å²) in [4.78, 5) is 8.91. The Morgan fingerprint density at radius 3 is 2.67 bits per heavy atom. The van der Waals surface area contributed by atoms with E-state index in [1.807, 2.05) is 18.2 Å². The number of benzene rings is 2. The van der Waals surface area contributed by atoms with Crippen molar-refractivity contribution in [1.29, 1.82) is 0 Å². The molecule has 21 heavy (non-hydrogen) atoms. The third kappa shape index (κ3) is 2.57. The zero-order valence-corrected chi connectivity index (χ0v) is 12.1. The van der Waals surface area contributed by atoms with Gasteiger partial charge in [0.05, 0.1) is 0 Å². The standard InChI is InChI=1S/C17H14ClN3/c18-15-10-16(21-17(20-15)12-8-9-12)19-14-7-3-5-11-4-1-2-6-13(11)14/h1-7,10,12H,8-9H2,(H,19,20,21). The van der Waals surface area contributed by atoms with E-state index in [4.69, 9.17) is 11.6 Å². The first kappa shape index (κ1) is 12.6. The first-order valence-electron chi connectivity index (χ1n) is 7.09. The second kappa shape index (κ2) is 5.01. The predicted molar refractivity (Wildman–Crippen MR) is 86.2 cm³/mol. The molecule has 1 aromatic heterocycles. The number of aromatic nitrogens is 2. The Labute approximate surface area is 128 Å². The van der Waals surface area contributed by atoms with Crippen LogP contribution in [-0.4, -0.2) is 9.97 Å². The second-order valence-electron chi connectivity index (χ2n) is 5.36. The molecule has 1 heterocycles. The average Bonchev–Trinajstić information content (AvgIpc) is 3.32. The molecule has 0 radical (unpaired) electrons. The number of anilines is 2. The molecule has 0 unspecified atom stereocenters. The van der Waals surface area contributed by atoms with Crippen LogP contribution < -0.4 is 5.32 Å². The molecule has 0 amide bonds. The quantitative estimate of drug-likeness (QED) is 0.698. The second-order valence-corrected chi connectivity index (χ2v) is 5.75. The van der Waals surface area contributed by atoms with Gasteiger partial charge in [-0.15, -0.1) is 0 Å². The molecule has 0 bridgehead atoms. The molecule has 1 aliphatic rings. The van der Waals surface area contributed by atoms with Crippen molar-refractivity contribution in [2.75, 3.05) is 5.32 Å². The van der Waals surface area contributed by atoms with Crippen molar-refractivity contribution in [2.45, 2.75) is 18.8 Å². The molecule has 4 heteroatoms. The highest BCUT2D eigenvalue weighted by Gasteiger charge is 2.27. The minimum atomic E-state index is 0.483. The Morgan fingerprint density at radius 1 is 1.00 bits per heavy atom. The molecule has 0 saturated heterocycles. The van der Waals surface area contributed by atoms with Crippen LogP contribution in [0.15, 0.2) is 48.5 Å². The molecule has 2 aromatic carbocycles. The van der Waals surface area contributed by atoms with Crippen LogP contribution in [0, 0.1) is 0 Å². The summed E-state index contributed by atoms with van der Waals surface area (Å²) in [7, 11) is 0. The summed E-state index contributed by atoms with van der Waals surface area (Å²) >= 11 is 6.12. The lowest BCUT2D eigenvalue weighted by molar-refractivity contribution is 0.931. The van der Waals surface area contributed by atoms with Gasteiger partial charge >= 0.3 is 0 Å². The summed E-state index contributed by atoms with van der Waals surface area (Å²) in [6.45, 7) is 0. The maximum atomic E-state index is 6.12. The number of rotatable bonds is 3. The molecule has 1 fully saturated rings. The Morgan fingerprint density at radius 2 is 1.81 bits per heavy atom. The molecule has 3 nitrogen and oxygen atoms in total. The molecule has 104 valence electrons. The highest BCUT2D eigenvalue weighted by Crippen LogP contribution is 2.39. The van der Waals surface area contributed by atoms with Crippen molar-refractivity contribution in [3.63, 3.8) is 0 Å². The van der Waals surface area contributed by atoms with Crippen molar-refractivity contribution in [2.24, 2.45) is 0 Å². The van der Waals surface area contributed by atoms with Crippen LogP contribution in [0.5, 0.6) is 0 Å². The topological polar surface area (TPSA) is 37.8 Å². The van der Waals surface area contributed by atoms with E-state index < -0.39 is 0 Å². The highest BCUT2D eigenvalue weighted by atomic mass is 35.5. The molecule has 0 aliphatic heterocycles. The first-order chi connectivity index (χ1) is 10.3. The van der Waals surface area contributed by atoms with Gasteiger partial charge in [0, 0.05) is 23.1 Å². The van der Waals surface area contributed by atoms with E-state index in [1.165, 1.54) is 10.8 Å². The summed E-state index contributed by atoms with van der Waals surface area (Å²) in [5, 5.41) is 6.24. The third-order valence-corrected chi connectivity index (χ3v) is 3.90. The fourth-order valence-corrected chi connectivity index (χ4v) is 2.69. The number of halogens is 1. The molecule has 0 spiro atoms. The van der Waals surface area contributed by atoms with Gasteiger partial charge in [-0.1, -0.05) is 48.0 Å². The third-order valence-electron chi connectivity index (χ3n) is 3.71. The van der Waals surface area contributed by atoms with Gasteiger partial charge in [0.15, 0.2) is 0 Å². The largest absolute Gasteiger partial charge is 0.340 e. The van der Waals surface area contributed by atoms with Crippen LogP contribution in [0.2, 0.25) is 5.15 Å². The fraction of sp³-hybridized carbons (Fsp3) is 0.176. The molecule has 0 atom stereocenters. The van der Waals surface area contributed by atoms with Crippen LogP contribution in [-0.2, 0) is 0 Å². The molecule has 3 aromatic rings. The number of hydrogen-bond acceptors (Lipinski definition) is 3. The zero-order valence-electron chi connectivity index (χ0n) is 11.4. The minimum absolute atomic E-state index is 0.483. The van der Waals surface area contributed by atoms with Crippen LogP contribution in [0.25, 0.3) is 10.8 Å². The predicted octanol–water partition coefficient (Wildman–Crippen LogP) is 4.90. The van der Waals surface area contributed by atoms with Crippen LogP contribution in [0.1, 0.15) is 24.6 Å². The van der Waals surface area contributed by atoms with Crippen molar-refractivity contribution in [3.05, 3.63) is 59.5 Å². The summed E-state index contributed by atoms with van der Waals surface area (Å²) in [6, 6.07) is 16.2.